The molecule has 1 aromatic heterocycles. The van der Waals surface area contributed by atoms with Gasteiger partial charge in [0.25, 0.3) is 0 Å². The summed E-state index contributed by atoms with van der Waals surface area (Å²) in [6.45, 7) is 0.424. The number of benzene rings is 3. The van der Waals surface area contributed by atoms with E-state index in [9.17, 15) is 4.79 Å². The van der Waals surface area contributed by atoms with Gasteiger partial charge in [0.1, 0.15) is 16.5 Å². The van der Waals surface area contributed by atoms with Crippen molar-refractivity contribution in [3.63, 3.8) is 0 Å². The number of aromatic nitrogens is 1. The Morgan fingerprint density at radius 3 is 2.58 bits per heavy atom. The topological polar surface area (TPSA) is 60.5 Å². The van der Waals surface area contributed by atoms with E-state index < -0.39 is 0 Å². The van der Waals surface area contributed by atoms with E-state index in [1.54, 1.807) is 37.7 Å². The molecule has 1 heterocycles. The van der Waals surface area contributed by atoms with Crippen LogP contribution in [0.2, 0.25) is 0 Å². The van der Waals surface area contributed by atoms with E-state index >= 15 is 0 Å². The molecular weight excluding hydrogens is 432 g/mol. The molecule has 5 nitrogen and oxygen atoms in total. The fourth-order valence-electron chi connectivity index (χ4n) is 3.33. The molecule has 4 aromatic rings. The van der Waals surface area contributed by atoms with Crippen LogP contribution in [0, 0.1) is 0 Å². The minimum absolute atomic E-state index is 0.182. The van der Waals surface area contributed by atoms with Gasteiger partial charge in [0.15, 0.2) is 0 Å². The zero-order chi connectivity index (χ0) is 23.0. The zero-order valence-electron chi connectivity index (χ0n) is 18.4. The molecule has 0 fully saturated rings. The largest absolute Gasteiger partial charge is 0.497 e. The minimum atomic E-state index is -0.182. The number of nitrogens with one attached hydrogen (secondary N) is 1. The van der Waals surface area contributed by atoms with Crippen molar-refractivity contribution >= 4 is 23.3 Å². The SMILES string of the molecule is COc1ccc(/C=C/C(=O)NCc2cccc(-c3nc(-c4ccccc4)cs3)c2)c(OC)c1. The number of carbonyl (C=O) groups excluding carboxylic acids is 1. The summed E-state index contributed by atoms with van der Waals surface area (Å²) in [7, 11) is 3.19. The average molecular weight is 457 g/mol. The standard InChI is InChI=1S/C27H24N2O3S/c1-31-23-13-11-21(25(16-23)32-2)12-14-26(30)28-17-19-7-6-10-22(15-19)27-29-24(18-33-27)20-8-4-3-5-9-20/h3-16,18H,17H2,1-2H3,(H,28,30)/b14-12+. The van der Waals surface area contributed by atoms with Gasteiger partial charge in [0.05, 0.1) is 19.9 Å². The minimum Gasteiger partial charge on any atom is -0.497 e. The van der Waals surface area contributed by atoms with Crippen LogP contribution in [-0.2, 0) is 11.3 Å². The number of hydrogen-bond acceptors (Lipinski definition) is 5. The number of hydrogen-bond donors (Lipinski definition) is 1. The average Bonchev–Trinajstić information content (AvgIpc) is 3.37. The zero-order valence-corrected chi connectivity index (χ0v) is 19.3. The van der Waals surface area contributed by atoms with Crippen LogP contribution < -0.4 is 14.8 Å². The van der Waals surface area contributed by atoms with Crippen molar-refractivity contribution in [2.24, 2.45) is 0 Å². The summed E-state index contributed by atoms with van der Waals surface area (Å²) >= 11 is 1.61. The number of ether oxygens (including phenoxy) is 2. The molecule has 0 radical (unpaired) electrons. The molecular formula is C27H24N2O3S. The first-order valence-corrected chi connectivity index (χ1v) is 11.3. The molecule has 166 valence electrons. The highest BCUT2D eigenvalue weighted by Crippen LogP contribution is 2.29. The lowest BCUT2D eigenvalue weighted by Gasteiger charge is -2.07. The third kappa shape index (κ3) is 5.67. The van der Waals surface area contributed by atoms with Crippen molar-refractivity contribution in [1.82, 2.24) is 10.3 Å². The summed E-state index contributed by atoms with van der Waals surface area (Å²) in [5.41, 5.74) is 4.91. The fraction of sp³-hybridized carbons (Fsp3) is 0.111. The van der Waals surface area contributed by atoms with E-state index in [1.807, 2.05) is 48.5 Å². The first-order valence-electron chi connectivity index (χ1n) is 10.4. The van der Waals surface area contributed by atoms with Crippen molar-refractivity contribution in [3.05, 3.63) is 95.4 Å². The lowest BCUT2D eigenvalue weighted by molar-refractivity contribution is -0.116. The Morgan fingerprint density at radius 2 is 1.79 bits per heavy atom. The van der Waals surface area contributed by atoms with Gasteiger partial charge in [0, 0.05) is 40.8 Å². The molecule has 0 atom stereocenters. The normalized spacial score (nSPS) is 10.8. The molecule has 0 bridgehead atoms. The predicted octanol–water partition coefficient (Wildman–Crippen LogP) is 5.82. The maximum absolute atomic E-state index is 12.4. The van der Waals surface area contributed by atoms with Gasteiger partial charge in [0.2, 0.25) is 5.91 Å². The van der Waals surface area contributed by atoms with Crippen LogP contribution in [0.25, 0.3) is 27.9 Å². The Hall–Kier alpha value is -3.90. The monoisotopic (exact) mass is 456 g/mol. The highest BCUT2D eigenvalue weighted by atomic mass is 32.1. The smallest absolute Gasteiger partial charge is 0.244 e. The summed E-state index contributed by atoms with van der Waals surface area (Å²) in [6.07, 6.45) is 3.23. The molecule has 0 saturated heterocycles. The second-order valence-corrected chi connectivity index (χ2v) is 8.12. The van der Waals surface area contributed by atoms with Crippen molar-refractivity contribution in [1.29, 1.82) is 0 Å². The van der Waals surface area contributed by atoms with Crippen LogP contribution in [0.4, 0.5) is 0 Å². The number of thiazole rings is 1. The summed E-state index contributed by atoms with van der Waals surface area (Å²) < 4.78 is 10.6. The molecule has 6 heteroatoms. The van der Waals surface area contributed by atoms with Gasteiger partial charge in [-0.15, -0.1) is 11.3 Å². The Kier molecular flexibility index (Phi) is 7.17. The third-order valence-electron chi connectivity index (χ3n) is 5.07. The van der Waals surface area contributed by atoms with Gasteiger partial charge in [-0.05, 0) is 29.8 Å². The molecule has 0 aliphatic rings. The third-order valence-corrected chi connectivity index (χ3v) is 5.96. The Bertz CT molecular complexity index is 1270. The van der Waals surface area contributed by atoms with E-state index in [0.29, 0.717) is 18.0 Å². The second kappa shape index (κ2) is 10.6. The molecule has 33 heavy (non-hydrogen) atoms. The van der Waals surface area contributed by atoms with Gasteiger partial charge in [-0.3, -0.25) is 4.79 Å². The maximum atomic E-state index is 12.4. The van der Waals surface area contributed by atoms with E-state index in [-0.39, 0.29) is 5.91 Å². The van der Waals surface area contributed by atoms with Gasteiger partial charge in [-0.1, -0.05) is 48.5 Å². The molecule has 0 saturated carbocycles. The number of carbonyl (C=O) groups is 1. The van der Waals surface area contributed by atoms with Crippen LogP contribution in [0.15, 0.2) is 84.3 Å². The molecule has 0 aliphatic heterocycles. The van der Waals surface area contributed by atoms with Crippen molar-refractivity contribution < 1.29 is 14.3 Å². The van der Waals surface area contributed by atoms with Gasteiger partial charge in [-0.25, -0.2) is 4.98 Å². The summed E-state index contributed by atoms with van der Waals surface area (Å²) in [4.78, 5) is 17.1. The highest BCUT2D eigenvalue weighted by Gasteiger charge is 2.08. The van der Waals surface area contributed by atoms with Gasteiger partial charge >= 0.3 is 0 Å². The maximum Gasteiger partial charge on any atom is 0.244 e. The van der Waals surface area contributed by atoms with Crippen LogP contribution in [0.3, 0.4) is 0 Å². The number of nitrogens with zero attached hydrogens (tertiary/aromatic N) is 1. The van der Waals surface area contributed by atoms with E-state index in [0.717, 1.165) is 33.0 Å². The lowest BCUT2D eigenvalue weighted by Crippen LogP contribution is -2.20. The van der Waals surface area contributed by atoms with Crippen LogP contribution >= 0.6 is 11.3 Å². The van der Waals surface area contributed by atoms with Crippen molar-refractivity contribution in [2.75, 3.05) is 14.2 Å². The van der Waals surface area contributed by atoms with Crippen LogP contribution in [0.5, 0.6) is 11.5 Å². The number of rotatable bonds is 8. The molecule has 0 unspecified atom stereocenters. The van der Waals surface area contributed by atoms with E-state index in [4.69, 9.17) is 14.5 Å². The first kappa shape index (κ1) is 22.3. The van der Waals surface area contributed by atoms with Gasteiger partial charge < -0.3 is 14.8 Å². The highest BCUT2D eigenvalue weighted by molar-refractivity contribution is 7.13. The first-order chi connectivity index (χ1) is 16.2. The van der Waals surface area contributed by atoms with Crippen LogP contribution in [0.1, 0.15) is 11.1 Å². The molecule has 0 aliphatic carbocycles. The molecule has 3 aromatic carbocycles. The summed E-state index contributed by atoms with van der Waals surface area (Å²) in [6, 6.07) is 23.7. The molecule has 4 rings (SSSR count). The quantitative estimate of drug-likeness (QED) is 0.339. The Labute approximate surface area is 197 Å². The van der Waals surface area contributed by atoms with Crippen molar-refractivity contribution in [2.45, 2.75) is 6.54 Å². The Balaban J connectivity index is 1.40. The van der Waals surface area contributed by atoms with Crippen molar-refractivity contribution in [3.8, 4) is 33.3 Å². The van der Waals surface area contributed by atoms with Gasteiger partial charge in [-0.2, -0.15) is 0 Å². The predicted molar refractivity (Wildman–Crippen MR) is 133 cm³/mol. The van der Waals surface area contributed by atoms with E-state index in [1.165, 1.54) is 6.08 Å². The molecule has 0 spiro atoms. The van der Waals surface area contributed by atoms with E-state index in [2.05, 4.69) is 28.9 Å². The number of amides is 1. The summed E-state index contributed by atoms with van der Waals surface area (Å²) in [5.74, 6) is 1.16. The lowest BCUT2D eigenvalue weighted by atomic mass is 10.1. The Morgan fingerprint density at radius 1 is 0.970 bits per heavy atom. The summed E-state index contributed by atoms with van der Waals surface area (Å²) in [5, 5.41) is 5.95. The van der Waals surface area contributed by atoms with Crippen LogP contribution in [-0.4, -0.2) is 25.1 Å². The second-order valence-electron chi connectivity index (χ2n) is 7.26. The molecule has 1 N–H and O–H groups in total. The molecule has 1 amide bonds. The number of methoxy groups -OCH3 is 2. The fourth-order valence-corrected chi connectivity index (χ4v) is 4.16.